The van der Waals surface area contributed by atoms with Crippen molar-refractivity contribution in [2.24, 2.45) is 0 Å². The summed E-state index contributed by atoms with van der Waals surface area (Å²) in [6.45, 7) is 0.358. The Labute approximate surface area is 169 Å². The molecule has 0 saturated carbocycles. The third-order valence-electron chi connectivity index (χ3n) is 4.56. The monoisotopic (exact) mass is 410 g/mol. The van der Waals surface area contributed by atoms with Gasteiger partial charge in [0.05, 0.1) is 0 Å². The highest BCUT2D eigenvalue weighted by Gasteiger charge is 2.17. The Hall–Kier alpha value is -3.88. The van der Waals surface area contributed by atoms with Crippen LogP contribution >= 0.6 is 0 Å². The van der Waals surface area contributed by atoms with Crippen LogP contribution in [0.5, 0.6) is 0 Å². The molecule has 9 heteroatoms. The van der Waals surface area contributed by atoms with Crippen LogP contribution in [0.2, 0.25) is 0 Å². The summed E-state index contributed by atoms with van der Waals surface area (Å²) in [6, 6.07) is 11.3. The number of benzene rings is 2. The molecule has 0 atom stereocenters. The fourth-order valence-electron chi connectivity index (χ4n) is 2.96. The number of carbonyl (C=O) groups is 1. The van der Waals surface area contributed by atoms with E-state index in [-0.39, 0.29) is 48.0 Å². The number of rotatable bonds is 6. The number of fused-ring (bicyclic) bond motifs is 1. The smallest absolute Gasteiger partial charge is 0.266 e. The summed E-state index contributed by atoms with van der Waals surface area (Å²) in [5, 5.41) is 6.76. The van der Waals surface area contributed by atoms with Crippen LogP contribution in [0.15, 0.2) is 64.2 Å². The first-order valence-electron chi connectivity index (χ1n) is 9.13. The van der Waals surface area contributed by atoms with Gasteiger partial charge < -0.3 is 9.84 Å². The first-order valence-corrected chi connectivity index (χ1v) is 9.13. The van der Waals surface area contributed by atoms with Crippen LogP contribution in [-0.4, -0.2) is 20.6 Å². The lowest BCUT2D eigenvalue weighted by molar-refractivity contribution is -0.121. The van der Waals surface area contributed by atoms with Crippen LogP contribution in [0.1, 0.15) is 12.0 Å². The van der Waals surface area contributed by atoms with E-state index in [1.807, 2.05) is 0 Å². The molecule has 0 spiro atoms. The van der Waals surface area contributed by atoms with Crippen molar-refractivity contribution in [1.82, 2.24) is 20.0 Å². The number of hydrogen-bond acceptors (Lipinski definition) is 5. The van der Waals surface area contributed by atoms with Gasteiger partial charge in [0.1, 0.15) is 29.0 Å². The summed E-state index contributed by atoms with van der Waals surface area (Å²) < 4.78 is 32.5. The predicted molar refractivity (Wildman–Crippen MR) is 104 cm³/mol. The largest absolute Gasteiger partial charge is 0.352 e. The number of nitrogens with one attached hydrogen (secondary N) is 1. The highest BCUT2D eigenvalue weighted by molar-refractivity contribution is 5.88. The van der Waals surface area contributed by atoms with Gasteiger partial charge in [-0.3, -0.25) is 14.2 Å². The summed E-state index contributed by atoms with van der Waals surface area (Å²) in [7, 11) is 0. The average molecular weight is 410 g/mol. The van der Waals surface area contributed by atoms with E-state index in [0.29, 0.717) is 5.56 Å². The Balaban J connectivity index is 1.48. The lowest BCUT2D eigenvalue weighted by Crippen LogP contribution is -2.27. The van der Waals surface area contributed by atoms with Crippen molar-refractivity contribution in [3.63, 3.8) is 0 Å². The molecule has 2 aromatic carbocycles. The van der Waals surface area contributed by atoms with Crippen LogP contribution in [0.25, 0.3) is 22.4 Å². The fraction of sp³-hybridized carbons (Fsp3) is 0.143. The lowest BCUT2D eigenvalue weighted by atomic mass is 10.1. The summed E-state index contributed by atoms with van der Waals surface area (Å²) in [4.78, 5) is 29.0. The van der Waals surface area contributed by atoms with Gasteiger partial charge in [0.15, 0.2) is 0 Å². The summed E-state index contributed by atoms with van der Waals surface area (Å²) in [5.74, 6) is -1.02. The number of amides is 1. The highest BCUT2D eigenvalue weighted by Crippen LogP contribution is 2.24. The molecule has 0 aliphatic carbocycles. The van der Waals surface area contributed by atoms with Crippen LogP contribution in [0, 0.1) is 11.6 Å². The Bertz CT molecular complexity index is 1250. The van der Waals surface area contributed by atoms with E-state index in [1.165, 1.54) is 47.3 Å². The van der Waals surface area contributed by atoms with Gasteiger partial charge >= 0.3 is 0 Å². The zero-order valence-electron chi connectivity index (χ0n) is 15.6. The van der Waals surface area contributed by atoms with Crippen molar-refractivity contribution in [3.05, 3.63) is 82.4 Å². The van der Waals surface area contributed by atoms with Gasteiger partial charge in [-0.25, -0.2) is 13.8 Å². The van der Waals surface area contributed by atoms with Crippen LogP contribution in [0.3, 0.4) is 0 Å². The maximum absolute atomic E-state index is 13.2. The minimum Gasteiger partial charge on any atom is -0.352 e. The molecule has 0 aliphatic heterocycles. The maximum atomic E-state index is 13.2. The van der Waals surface area contributed by atoms with Gasteiger partial charge in [-0.05, 0) is 42.0 Å². The van der Waals surface area contributed by atoms with E-state index >= 15 is 0 Å². The lowest BCUT2D eigenvalue weighted by Gasteiger charge is -2.07. The molecule has 2 heterocycles. The van der Waals surface area contributed by atoms with E-state index in [1.54, 1.807) is 12.1 Å². The Morgan fingerprint density at radius 2 is 1.70 bits per heavy atom. The number of aryl methyl sites for hydroxylation is 1. The summed E-state index contributed by atoms with van der Waals surface area (Å²) in [6.07, 6.45) is 1.34. The third kappa shape index (κ3) is 4.09. The minimum absolute atomic E-state index is 0.0471. The van der Waals surface area contributed by atoms with E-state index in [0.717, 1.165) is 5.56 Å². The molecular formula is C21H16F2N4O3. The average Bonchev–Trinajstić information content (AvgIpc) is 3.18. The summed E-state index contributed by atoms with van der Waals surface area (Å²) in [5.41, 5.74) is 1.20. The molecule has 7 nitrogen and oxygen atoms in total. The van der Waals surface area contributed by atoms with Gasteiger partial charge in [-0.1, -0.05) is 17.3 Å². The van der Waals surface area contributed by atoms with E-state index in [4.69, 9.17) is 4.52 Å². The molecule has 0 bridgehead atoms. The molecule has 4 aromatic rings. The maximum Gasteiger partial charge on any atom is 0.266 e. The van der Waals surface area contributed by atoms with E-state index in [2.05, 4.69) is 15.5 Å². The molecule has 152 valence electrons. The van der Waals surface area contributed by atoms with Crippen LogP contribution < -0.4 is 10.9 Å². The van der Waals surface area contributed by atoms with Crippen molar-refractivity contribution < 1.29 is 18.1 Å². The zero-order valence-corrected chi connectivity index (χ0v) is 15.6. The number of aromatic nitrogens is 3. The molecule has 30 heavy (non-hydrogen) atoms. The summed E-state index contributed by atoms with van der Waals surface area (Å²) >= 11 is 0. The quantitative estimate of drug-likeness (QED) is 0.528. The third-order valence-corrected chi connectivity index (χ3v) is 4.56. The number of hydrogen-bond donors (Lipinski definition) is 1. The van der Waals surface area contributed by atoms with E-state index in [9.17, 15) is 18.4 Å². The second kappa shape index (κ2) is 8.24. The van der Waals surface area contributed by atoms with Crippen molar-refractivity contribution in [3.8, 4) is 11.3 Å². The molecule has 0 fully saturated rings. The van der Waals surface area contributed by atoms with E-state index < -0.39 is 11.4 Å². The predicted octanol–water partition coefficient (Wildman–Crippen LogP) is 3.04. The van der Waals surface area contributed by atoms with Gasteiger partial charge in [-0.15, -0.1) is 0 Å². The van der Waals surface area contributed by atoms with Gasteiger partial charge in [-0.2, -0.15) is 0 Å². The zero-order chi connectivity index (χ0) is 21.1. The first-order chi connectivity index (χ1) is 14.5. The molecule has 0 aliphatic rings. The first kappa shape index (κ1) is 19.4. The molecule has 0 radical (unpaired) electrons. The Kier molecular flexibility index (Phi) is 5.34. The molecule has 1 amide bonds. The van der Waals surface area contributed by atoms with Crippen molar-refractivity contribution in [2.75, 3.05) is 0 Å². The van der Waals surface area contributed by atoms with Crippen molar-refractivity contribution >= 4 is 17.0 Å². The molecule has 2 aromatic heterocycles. The van der Waals surface area contributed by atoms with Crippen LogP contribution in [0.4, 0.5) is 8.78 Å². The highest BCUT2D eigenvalue weighted by atomic mass is 19.1. The topological polar surface area (TPSA) is 90.0 Å². The number of nitrogens with zero attached hydrogens (tertiary/aromatic N) is 3. The SMILES string of the molecule is O=C(CCn1cnc2onc(-c3ccc(F)cc3)c2c1=O)NCc1ccc(F)cc1. The Morgan fingerprint density at radius 1 is 1.03 bits per heavy atom. The Morgan fingerprint density at radius 3 is 2.40 bits per heavy atom. The van der Waals surface area contributed by atoms with Crippen LogP contribution in [-0.2, 0) is 17.9 Å². The second-order valence-corrected chi connectivity index (χ2v) is 6.61. The molecular weight excluding hydrogens is 394 g/mol. The fourth-order valence-corrected chi connectivity index (χ4v) is 2.96. The molecule has 1 N–H and O–H groups in total. The van der Waals surface area contributed by atoms with Gasteiger partial charge in [0, 0.05) is 25.1 Å². The minimum atomic E-state index is -0.410. The number of carbonyl (C=O) groups excluding carboxylic acids is 1. The standard InChI is InChI=1S/C21H16F2N4O3/c22-15-5-1-13(2-6-15)11-24-17(28)9-10-27-12-25-20-18(21(27)29)19(26-30-20)14-3-7-16(23)8-4-14/h1-8,12H,9-11H2,(H,24,28). The van der Waals surface area contributed by atoms with Gasteiger partial charge in [0.2, 0.25) is 5.91 Å². The molecule has 0 saturated heterocycles. The molecule has 0 unspecified atom stereocenters. The normalized spacial score (nSPS) is 11.0. The molecule has 4 rings (SSSR count). The van der Waals surface area contributed by atoms with Gasteiger partial charge in [0.25, 0.3) is 11.3 Å². The van der Waals surface area contributed by atoms with Crippen molar-refractivity contribution in [1.29, 1.82) is 0 Å². The second-order valence-electron chi connectivity index (χ2n) is 6.61. The van der Waals surface area contributed by atoms with Crippen molar-refractivity contribution in [2.45, 2.75) is 19.5 Å². The number of halogens is 2.